The Morgan fingerprint density at radius 3 is 2.35 bits per heavy atom. The molecule has 104 valence electrons. The molecule has 0 fully saturated rings. The van der Waals surface area contributed by atoms with Crippen molar-refractivity contribution in [1.82, 2.24) is 0 Å². The lowest BCUT2D eigenvalue weighted by Crippen LogP contribution is -2.19. The highest BCUT2D eigenvalue weighted by Crippen LogP contribution is 2.32. The van der Waals surface area contributed by atoms with Crippen molar-refractivity contribution in [2.75, 3.05) is 10.6 Å². The van der Waals surface area contributed by atoms with E-state index >= 15 is 0 Å². The normalized spacial score (nSPS) is 10.2. The molecule has 0 atom stereocenters. The molecule has 0 aliphatic rings. The van der Waals surface area contributed by atoms with Crippen LogP contribution in [-0.2, 0) is 0 Å². The summed E-state index contributed by atoms with van der Waals surface area (Å²) in [5.74, 6) is -0.449. The highest BCUT2D eigenvalue weighted by molar-refractivity contribution is 6.44. The minimum atomic E-state index is -0.573. The molecule has 20 heavy (non-hydrogen) atoms. The molecule has 2 N–H and O–H groups in total. The van der Waals surface area contributed by atoms with Crippen LogP contribution in [0.4, 0.5) is 20.6 Å². The molecule has 2 aromatic carbocycles. The van der Waals surface area contributed by atoms with Crippen LogP contribution in [0.2, 0.25) is 15.1 Å². The lowest BCUT2D eigenvalue weighted by atomic mass is 10.3. The molecular formula is C13H8Cl3FN2O. The van der Waals surface area contributed by atoms with Crippen LogP contribution < -0.4 is 10.6 Å². The van der Waals surface area contributed by atoms with Crippen molar-refractivity contribution >= 4 is 52.2 Å². The van der Waals surface area contributed by atoms with E-state index in [2.05, 4.69) is 10.6 Å². The van der Waals surface area contributed by atoms with Crippen LogP contribution in [0, 0.1) is 5.82 Å². The summed E-state index contributed by atoms with van der Waals surface area (Å²) in [6, 6.07) is 7.78. The second kappa shape index (κ2) is 6.31. The Hall–Kier alpha value is -1.49. The summed E-state index contributed by atoms with van der Waals surface area (Å²) in [6.45, 7) is 0. The van der Waals surface area contributed by atoms with Gasteiger partial charge in [0.2, 0.25) is 0 Å². The van der Waals surface area contributed by atoms with E-state index in [1.165, 1.54) is 30.3 Å². The smallest absolute Gasteiger partial charge is 0.308 e. The predicted molar refractivity (Wildman–Crippen MR) is 80.5 cm³/mol. The third-order valence-corrected chi connectivity index (χ3v) is 3.38. The SMILES string of the molecule is O=C(Nc1cccc(F)c1)Nc1cc(Cl)c(Cl)cc1Cl. The summed E-state index contributed by atoms with van der Waals surface area (Å²) >= 11 is 17.5. The Labute approximate surface area is 129 Å². The third kappa shape index (κ3) is 3.76. The molecule has 0 spiro atoms. The molecule has 0 aliphatic carbocycles. The van der Waals surface area contributed by atoms with Gasteiger partial charge < -0.3 is 10.6 Å². The van der Waals surface area contributed by atoms with Crippen LogP contribution in [0.25, 0.3) is 0 Å². The first-order chi connectivity index (χ1) is 9.45. The Balaban J connectivity index is 2.10. The maximum Gasteiger partial charge on any atom is 0.323 e. The molecule has 0 bridgehead atoms. The quantitative estimate of drug-likeness (QED) is 0.707. The van der Waals surface area contributed by atoms with Gasteiger partial charge in [0.1, 0.15) is 5.82 Å². The zero-order chi connectivity index (χ0) is 14.7. The van der Waals surface area contributed by atoms with E-state index in [9.17, 15) is 9.18 Å². The van der Waals surface area contributed by atoms with Gasteiger partial charge in [-0.2, -0.15) is 0 Å². The van der Waals surface area contributed by atoms with Gasteiger partial charge in [-0.05, 0) is 30.3 Å². The Kier molecular flexibility index (Phi) is 4.70. The van der Waals surface area contributed by atoms with Gasteiger partial charge in [0.15, 0.2) is 0 Å². The monoisotopic (exact) mass is 332 g/mol. The fraction of sp³-hybridized carbons (Fsp3) is 0. The van der Waals surface area contributed by atoms with Crippen molar-refractivity contribution in [1.29, 1.82) is 0 Å². The maximum absolute atomic E-state index is 13.0. The predicted octanol–water partition coefficient (Wildman–Crippen LogP) is 5.43. The fourth-order valence-electron chi connectivity index (χ4n) is 1.47. The summed E-state index contributed by atoms with van der Waals surface area (Å²) < 4.78 is 13.0. The number of urea groups is 1. The van der Waals surface area contributed by atoms with Gasteiger partial charge in [0, 0.05) is 5.69 Å². The van der Waals surface area contributed by atoms with E-state index in [-0.39, 0.29) is 15.1 Å². The van der Waals surface area contributed by atoms with E-state index in [1.54, 1.807) is 6.07 Å². The number of benzene rings is 2. The van der Waals surface area contributed by atoms with Crippen molar-refractivity contribution in [2.24, 2.45) is 0 Å². The van der Waals surface area contributed by atoms with Crippen LogP contribution in [0.1, 0.15) is 0 Å². The van der Waals surface area contributed by atoms with Crippen molar-refractivity contribution in [3.05, 3.63) is 57.3 Å². The van der Waals surface area contributed by atoms with Crippen LogP contribution in [0.15, 0.2) is 36.4 Å². The molecule has 7 heteroatoms. The molecular weight excluding hydrogens is 326 g/mol. The van der Waals surface area contributed by atoms with Crippen molar-refractivity contribution in [3.63, 3.8) is 0 Å². The first-order valence-electron chi connectivity index (χ1n) is 5.44. The van der Waals surface area contributed by atoms with Gasteiger partial charge in [-0.3, -0.25) is 0 Å². The molecule has 0 aromatic heterocycles. The highest BCUT2D eigenvalue weighted by atomic mass is 35.5. The Morgan fingerprint density at radius 1 is 0.950 bits per heavy atom. The number of carbonyl (C=O) groups excluding carboxylic acids is 1. The number of rotatable bonds is 2. The summed E-state index contributed by atoms with van der Waals surface area (Å²) in [6.07, 6.45) is 0. The topological polar surface area (TPSA) is 41.1 Å². The number of nitrogens with one attached hydrogen (secondary N) is 2. The zero-order valence-electron chi connectivity index (χ0n) is 9.88. The molecule has 2 aromatic rings. The lowest BCUT2D eigenvalue weighted by molar-refractivity contribution is 0.262. The molecule has 3 nitrogen and oxygen atoms in total. The second-order valence-corrected chi connectivity index (χ2v) is 5.06. The molecule has 2 rings (SSSR count). The van der Waals surface area contributed by atoms with E-state index in [4.69, 9.17) is 34.8 Å². The fourth-order valence-corrected chi connectivity index (χ4v) is 2.06. The molecule has 0 unspecified atom stereocenters. The van der Waals surface area contributed by atoms with Gasteiger partial charge in [-0.1, -0.05) is 40.9 Å². The summed E-state index contributed by atoms with van der Waals surface area (Å²) in [5, 5.41) is 5.76. The molecule has 0 saturated carbocycles. The first-order valence-corrected chi connectivity index (χ1v) is 6.57. The summed E-state index contributed by atoms with van der Waals surface area (Å²) in [5.41, 5.74) is 0.619. The average Bonchev–Trinajstić information content (AvgIpc) is 2.36. The van der Waals surface area contributed by atoms with Crippen molar-refractivity contribution in [2.45, 2.75) is 0 Å². The van der Waals surface area contributed by atoms with Gasteiger partial charge in [-0.25, -0.2) is 9.18 Å². The number of anilines is 2. The van der Waals surface area contributed by atoms with Crippen LogP contribution >= 0.6 is 34.8 Å². The maximum atomic E-state index is 13.0. The van der Waals surface area contributed by atoms with E-state index in [0.717, 1.165) is 0 Å². The van der Waals surface area contributed by atoms with Gasteiger partial charge in [0.05, 0.1) is 20.8 Å². The average molecular weight is 334 g/mol. The van der Waals surface area contributed by atoms with Crippen LogP contribution in [0.5, 0.6) is 0 Å². The number of hydrogen-bond acceptors (Lipinski definition) is 1. The molecule has 2 amide bonds. The number of hydrogen-bond donors (Lipinski definition) is 2. The van der Waals surface area contributed by atoms with E-state index < -0.39 is 11.8 Å². The standard InChI is InChI=1S/C13H8Cl3FN2O/c14-9-5-11(16)12(6-10(9)15)19-13(20)18-8-3-1-2-7(17)4-8/h1-6H,(H2,18,19,20). The molecule has 0 heterocycles. The number of halogens is 4. The highest BCUT2D eigenvalue weighted by Gasteiger charge is 2.09. The minimum absolute atomic E-state index is 0.244. The van der Waals surface area contributed by atoms with E-state index in [0.29, 0.717) is 11.4 Å². The van der Waals surface area contributed by atoms with E-state index in [1.807, 2.05) is 0 Å². The summed E-state index contributed by atoms with van der Waals surface area (Å²) in [7, 11) is 0. The number of amides is 2. The summed E-state index contributed by atoms with van der Waals surface area (Å²) in [4.78, 5) is 11.8. The Morgan fingerprint density at radius 2 is 1.65 bits per heavy atom. The van der Waals surface area contributed by atoms with Crippen LogP contribution in [0.3, 0.4) is 0 Å². The molecule has 0 radical (unpaired) electrons. The number of carbonyl (C=O) groups is 1. The first kappa shape index (κ1) is 14.9. The van der Waals surface area contributed by atoms with Crippen molar-refractivity contribution in [3.8, 4) is 0 Å². The van der Waals surface area contributed by atoms with Gasteiger partial charge >= 0.3 is 6.03 Å². The minimum Gasteiger partial charge on any atom is -0.308 e. The zero-order valence-corrected chi connectivity index (χ0v) is 12.2. The largest absolute Gasteiger partial charge is 0.323 e. The molecule has 0 aliphatic heterocycles. The molecule has 0 saturated heterocycles. The van der Waals surface area contributed by atoms with Gasteiger partial charge in [0.25, 0.3) is 0 Å². The third-order valence-electron chi connectivity index (χ3n) is 2.34. The van der Waals surface area contributed by atoms with Gasteiger partial charge in [-0.15, -0.1) is 0 Å². The lowest BCUT2D eigenvalue weighted by Gasteiger charge is -2.10. The Bertz CT molecular complexity index is 664. The van der Waals surface area contributed by atoms with Crippen molar-refractivity contribution < 1.29 is 9.18 Å². The van der Waals surface area contributed by atoms with Crippen LogP contribution in [-0.4, -0.2) is 6.03 Å². The second-order valence-electron chi connectivity index (χ2n) is 3.84.